The van der Waals surface area contributed by atoms with E-state index in [1.807, 2.05) is 19.1 Å². The number of carbonyl (C=O) groups is 2. The van der Waals surface area contributed by atoms with Crippen LogP contribution in [0.3, 0.4) is 0 Å². The number of ketones is 1. The van der Waals surface area contributed by atoms with Gasteiger partial charge in [0.15, 0.2) is 5.78 Å². The van der Waals surface area contributed by atoms with Crippen LogP contribution in [0.4, 0.5) is 0 Å². The SMILES string of the molecule is C=C/C=C\C(=C/C=C)B(N/C(=C(/C(C)=O)C(N)=O)C(Cl)(Cl)Cl)C(/C=C\C)=C/C=C. The molecule has 0 aromatic heterocycles. The minimum atomic E-state index is -2.12. The average Bonchev–Trinajstić information content (AvgIpc) is 2.60. The topological polar surface area (TPSA) is 72.2 Å². The second-order valence-corrected chi connectivity index (χ2v) is 7.93. The zero-order valence-corrected chi connectivity index (χ0v) is 18.7. The smallest absolute Gasteiger partial charge is 0.320 e. The number of Topliss-reactive ketones (excluding diaryl/α,β-unsaturated/α-hetero) is 1. The highest BCUT2D eigenvalue weighted by Gasteiger charge is 2.36. The molecule has 0 aliphatic heterocycles. The molecule has 8 heteroatoms. The third kappa shape index (κ3) is 8.78. The first-order valence-corrected chi connectivity index (χ1v) is 9.64. The molecule has 4 nitrogen and oxygen atoms in total. The Morgan fingerprint density at radius 2 is 1.52 bits per heavy atom. The van der Waals surface area contributed by atoms with E-state index in [0.29, 0.717) is 10.9 Å². The van der Waals surface area contributed by atoms with Gasteiger partial charge in [-0.05, 0) is 13.8 Å². The Bertz CT molecular complexity index is 800. The Hall–Kier alpha value is -2.21. The van der Waals surface area contributed by atoms with Gasteiger partial charge in [-0.1, -0.05) is 120 Å². The van der Waals surface area contributed by atoms with E-state index < -0.39 is 27.9 Å². The molecule has 0 aromatic carbocycles. The minimum absolute atomic E-state index is 0.228. The van der Waals surface area contributed by atoms with E-state index in [9.17, 15) is 9.59 Å². The molecule has 0 atom stereocenters. The van der Waals surface area contributed by atoms with Crippen molar-refractivity contribution in [1.29, 1.82) is 0 Å². The summed E-state index contributed by atoms with van der Waals surface area (Å²) in [6, 6.07) is 0. The second kappa shape index (κ2) is 13.1. The summed E-state index contributed by atoms with van der Waals surface area (Å²) in [5, 5.41) is 3.01. The minimum Gasteiger partial charge on any atom is -0.419 e. The van der Waals surface area contributed by atoms with E-state index in [1.165, 1.54) is 0 Å². The van der Waals surface area contributed by atoms with Crippen LogP contribution in [0.25, 0.3) is 0 Å². The fourth-order valence-corrected chi connectivity index (χ4v) is 2.86. The highest BCUT2D eigenvalue weighted by Crippen LogP contribution is 2.36. The summed E-state index contributed by atoms with van der Waals surface area (Å²) in [6.45, 7) is 13.5. The molecule has 0 spiro atoms. The van der Waals surface area contributed by atoms with Gasteiger partial charge in [0.1, 0.15) is 5.57 Å². The second-order valence-electron chi connectivity index (χ2n) is 5.65. The van der Waals surface area contributed by atoms with Crippen molar-refractivity contribution in [2.45, 2.75) is 17.6 Å². The van der Waals surface area contributed by atoms with Gasteiger partial charge in [0.05, 0.1) is 5.70 Å². The Morgan fingerprint density at radius 3 is 1.86 bits per heavy atom. The number of hydrogen-bond acceptors (Lipinski definition) is 3. The van der Waals surface area contributed by atoms with Crippen molar-refractivity contribution in [3.8, 4) is 0 Å². The van der Waals surface area contributed by atoms with Gasteiger partial charge in [0.2, 0.25) is 3.79 Å². The highest BCUT2D eigenvalue weighted by atomic mass is 35.6. The summed E-state index contributed by atoms with van der Waals surface area (Å²) in [6.07, 6.45) is 15.3. The van der Waals surface area contributed by atoms with Crippen molar-refractivity contribution in [2.24, 2.45) is 5.73 Å². The van der Waals surface area contributed by atoms with Crippen molar-refractivity contribution in [3.63, 3.8) is 0 Å². The maximum absolute atomic E-state index is 12.1. The molecular weight excluding hydrogens is 429 g/mol. The van der Waals surface area contributed by atoms with E-state index in [2.05, 4.69) is 25.0 Å². The van der Waals surface area contributed by atoms with Gasteiger partial charge in [0.25, 0.3) is 5.91 Å². The first kappa shape index (κ1) is 26.8. The van der Waals surface area contributed by atoms with Gasteiger partial charge in [-0.3, -0.25) is 9.59 Å². The van der Waals surface area contributed by atoms with Crippen LogP contribution in [0.2, 0.25) is 0 Å². The molecule has 0 aliphatic rings. The number of allylic oxidation sites excluding steroid dienone is 12. The fourth-order valence-electron chi connectivity index (χ4n) is 2.41. The van der Waals surface area contributed by atoms with Crippen LogP contribution in [0.5, 0.6) is 0 Å². The molecule has 0 saturated heterocycles. The predicted octanol–water partition coefficient (Wildman–Crippen LogP) is 4.89. The number of primary amides is 1. The van der Waals surface area contributed by atoms with Crippen molar-refractivity contribution < 1.29 is 9.59 Å². The number of halogens is 3. The van der Waals surface area contributed by atoms with Crippen LogP contribution in [0, 0.1) is 0 Å². The molecule has 0 bridgehead atoms. The van der Waals surface area contributed by atoms with Crippen molar-refractivity contribution in [3.05, 3.63) is 96.6 Å². The third-order valence-electron chi connectivity index (χ3n) is 3.49. The lowest BCUT2D eigenvalue weighted by molar-refractivity contribution is -0.119. The van der Waals surface area contributed by atoms with Gasteiger partial charge < -0.3 is 11.0 Å². The molecule has 3 N–H and O–H groups in total. The Morgan fingerprint density at radius 1 is 1.00 bits per heavy atom. The summed E-state index contributed by atoms with van der Waals surface area (Å²) < 4.78 is -2.12. The molecule has 154 valence electrons. The molecule has 0 aromatic rings. The molecule has 0 radical (unpaired) electrons. The maximum atomic E-state index is 12.1. The number of amides is 1. The van der Waals surface area contributed by atoms with Crippen molar-refractivity contribution in [1.82, 2.24) is 5.23 Å². The number of nitrogens with two attached hydrogens (primary N) is 1. The number of nitrogens with one attached hydrogen (secondary N) is 1. The van der Waals surface area contributed by atoms with E-state index in [0.717, 1.165) is 6.92 Å². The highest BCUT2D eigenvalue weighted by molar-refractivity contribution is 6.75. The Kier molecular flexibility index (Phi) is 12.1. The van der Waals surface area contributed by atoms with Crippen LogP contribution in [-0.2, 0) is 9.59 Å². The van der Waals surface area contributed by atoms with Gasteiger partial charge in [0, 0.05) is 0 Å². The van der Waals surface area contributed by atoms with Crippen LogP contribution in [0.1, 0.15) is 13.8 Å². The van der Waals surface area contributed by atoms with Crippen LogP contribution in [-0.4, -0.2) is 22.3 Å². The lowest BCUT2D eigenvalue weighted by atomic mass is 9.48. The fraction of sp³-hybridized carbons (Fsp3) is 0.143. The van der Waals surface area contributed by atoms with Crippen molar-refractivity contribution in [2.75, 3.05) is 0 Å². The van der Waals surface area contributed by atoms with E-state index in [4.69, 9.17) is 40.5 Å². The quantitative estimate of drug-likeness (QED) is 0.117. The van der Waals surface area contributed by atoms with Gasteiger partial charge in [-0.2, -0.15) is 0 Å². The first-order chi connectivity index (χ1) is 13.5. The van der Waals surface area contributed by atoms with Crippen LogP contribution >= 0.6 is 34.8 Å². The van der Waals surface area contributed by atoms with E-state index in [-0.39, 0.29) is 5.70 Å². The summed E-state index contributed by atoms with van der Waals surface area (Å²) >= 11 is 18.3. The number of rotatable bonds is 11. The lowest BCUT2D eigenvalue weighted by Gasteiger charge is -2.26. The molecule has 0 heterocycles. The van der Waals surface area contributed by atoms with Crippen LogP contribution in [0.15, 0.2) is 96.6 Å². The average molecular weight is 454 g/mol. The molecule has 0 aliphatic carbocycles. The molecule has 0 unspecified atom stereocenters. The van der Waals surface area contributed by atoms with Crippen molar-refractivity contribution >= 4 is 53.3 Å². The molecule has 0 rings (SSSR count). The van der Waals surface area contributed by atoms with Gasteiger partial charge in [-0.15, -0.1) is 0 Å². The third-order valence-corrected chi connectivity index (χ3v) is 4.06. The Balaban J connectivity index is 6.99. The van der Waals surface area contributed by atoms with E-state index >= 15 is 0 Å². The molecule has 0 fully saturated rings. The summed E-state index contributed by atoms with van der Waals surface area (Å²) in [5.41, 5.74) is 6.12. The Labute approximate surface area is 187 Å². The zero-order chi connectivity index (χ0) is 22.6. The number of alkyl halides is 3. The van der Waals surface area contributed by atoms with Crippen LogP contribution < -0.4 is 11.0 Å². The number of carbonyl (C=O) groups excluding carboxylic acids is 2. The molecule has 29 heavy (non-hydrogen) atoms. The molecule has 0 saturated carbocycles. The summed E-state index contributed by atoms with van der Waals surface area (Å²) in [4.78, 5) is 24.0. The first-order valence-electron chi connectivity index (χ1n) is 8.50. The summed E-state index contributed by atoms with van der Waals surface area (Å²) in [7, 11) is 0. The molecule has 1 amide bonds. The van der Waals surface area contributed by atoms with Gasteiger partial charge in [-0.25, -0.2) is 0 Å². The standard InChI is InChI=1S/C21H24BCl3N2O2/c1-6-10-14-17(13-9-4)22(16(11-7-2)12-8-3)27-19(21(23,24)25)18(15(5)28)20(26)29/h6-14,27H,1-2,4H2,3,5H3,(H2,26,29)/b12-8-,14-10-,16-11+,17-13+,19-18-. The number of hydrogen-bond donors (Lipinski definition) is 2. The van der Waals surface area contributed by atoms with E-state index in [1.54, 1.807) is 42.5 Å². The molecular formula is C21H24BCl3N2O2. The maximum Gasteiger partial charge on any atom is 0.320 e. The zero-order valence-electron chi connectivity index (χ0n) is 16.4. The summed E-state index contributed by atoms with van der Waals surface area (Å²) in [5.74, 6) is -1.65. The monoisotopic (exact) mass is 452 g/mol. The normalized spacial score (nSPS) is 13.8. The van der Waals surface area contributed by atoms with Gasteiger partial charge >= 0.3 is 6.85 Å². The largest absolute Gasteiger partial charge is 0.419 e. The predicted molar refractivity (Wildman–Crippen MR) is 127 cm³/mol. The lowest BCUT2D eigenvalue weighted by Crippen LogP contribution is -2.43.